The number of nitriles is 1. The van der Waals surface area contributed by atoms with E-state index in [1.807, 2.05) is 30.3 Å². The van der Waals surface area contributed by atoms with Gasteiger partial charge in [-0.1, -0.05) is 23.7 Å². The number of H-pyrrole nitrogens is 1. The number of nitrogens with zero attached hydrogens (tertiary/aromatic N) is 1. The fourth-order valence-corrected chi connectivity index (χ4v) is 4.46. The molecule has 0 aliphatic carbocycles. The third kappa shape index (κ3) is 5.61. The first-order valence-electron chi connectivity index (χ1n) is 10.5. The third-order valence-electron chi connectivity index (χ3n) is 5.26. The van der Waals surface area contributed by atoms with E-state index in [1.54, 1.807) is 12.1 Å². The lowest BCUT2D eigenvalue weighted by Crippen LogP contribution is -2.26. The second kappa shape index (κ2) is 9.91. The van der Waals surface area contributed by atoms with Crippen LogP contribution < -0.4 is 14.8 Å². The summed E-state index contributed by atoms with van der Waals surface area (Å²) in [7, 11) is -3.48. The van der Waals surface area contributed by atoms with Gasteiger partial charge in [0.1, 0.15) is 12.4 Å². The molecule has 0 aliphatic heterocycles. The Balaban J connectivity index is 1.31. The molecule has 0 saturated carbocycles. The SMILES string of the molecule is CS(=O)(=O)Nc1cc(C(O)CNCCOc2ccc3c(c2)[nH]c2cc(C#N)ccc23)ccc1Cl. The number of halogens is 1. The summed E-state index contributed by atoms with van der Waals surface area (Å²) < 4.78 is 31.1. The topological polar surface area (TPSA) is 127 Å². The highest BCUT2D eigenvalue weighted by Crippen LogP contribution is 2.29. The van der Waals surface area contributed by atoms with Crippen LogP contribution in [0.15, 0.2) is 54.6 Å². The van der Waals surface area contributed by atoms with Crippen LogP contribution in [0.3, 0.4) is 0 Å². The van der Waals surface area contributed by atoms with Crippen molar-refractivity contribution in [2.24, 2.45) is 0 Å². The molecule has 3 aromatic carbocycles. The van der Waals surface area contributed by atoms with Gasteiger partial charge in [-0.25, -0.2) is 8.42 Å². The maximum absolute atomic E-state index is 11.5. The molecule has 0 amide bonds. The van der Waals surface area contributed by atoms with E-state index in [0.29, 0.717) is 30.0 Å². The summed E-state index contributed by atoms with van der Waals surface area (Å²) >= 11 is 6.03. The number of hydrogen-bond acceptors (Lipinski definition) is 6. The minimum atomic E-state index is -3.48. The number of aromatic nitrogens is 1. The first-order chi connectivity index (χ1) is 16.2. The smallest absolute Gasteiger partial charge is 0.229 e. The number of nitrogens with one attached hydrogen (secondary N) is 3. The van der Waals surface area contributed by atoms with Crippen LogP contribution in [0.4, 0.5) is 5.69 Å². The normalized spacial score (nSPS) is 12.5. The standard InChI is InChI=1S/C24H23ClN4O4S/c1-34(31,32)29-23-11-16(3-7-20(23)25)24(30)14-27-8-9-33-17-4-6-19-18-5-2-15(13-26)10-21(18)28-22(19)12-17/h2-7,10-12,24,27-30H,8-9,14H2,1H3. The van der Waals surface area contributed by atoms with E-state index in [0.717, 1.165) is 28.1 Å². The van der Waals surface area contributed by atoms with Gasteiger partial charge in [-0.05, 0) is 42.0 Å². The van der Waals surface area contributed by atoms with Gasteiger partial charge in [0, 0.05) is 35.4 Å². The van der Waals surface area contributed by atoms with Crippen molar-refractivity contribution in [3.05, 3.63) is 70.7 Å². The summed E-state index contributed by atoms with van der Waals surface area (Å²) in [6.07, 6.45) is 0.187. The molecule has 8 nitrogen and oxygen atoms in total. The molecule has 176 valence electrons. The van der Waals surface area contributed by atoms with E-state index in [2.05, 4.69) is 21.1 Å². The molecule has 1 atom stereocenters. The lowest BCUT2D eigenvalue weighted by molar-refractivity contribution is 0.172. The second-order valence-electron chi connectivity index (χ2n) is 7.89. The molecule has 4 rings (SSSR count). The summed E-state index contributed by atoms with van der Waals surface area (Å²) in [6.45, 7) is 1.14. The van der Waals surface area contributed by atoms with Crippen LogP contribution >= 0.6 is 11.6 Å². The van der Waals surface area contributed by atoms with Gasteiger partial charge in [0.05, 0.1) is 40.2 Å². The Bertz CT molecular complexity index is 1490. The fourth-order valence-electron chi connectivity index (χ4n) is 3.67. The molecule has 0 radical (unpaired) electrons. The quantitative estimate of drug-likeness (QED) is 0.259. The van der Waals surface area contributed by atoms with E-state index < -0.39 is 16.1 Å². The minimum absolute atomic E-state index is 0.222. The van der Waals surface area contributed by atoms with Crippen molar-refractivity contribution in [3.8, 4) is 11.8 Å². The number of aliphatic hydroxyl groups is 1. The van der Waals surface area contributed by atoms with E-state index in [1.165, 1.54) is 12.1 Å². The molecule has 34 heavy (non-hydrogen) atoms. The van der Waals surface area contributed by atoms with Crippen LogP contribution in [0.1, 0.15) is 17.2 Å². The molecule has 0 aliphatic rings. The number of hydrogen-bond donors (Lipinski definition) is 4. The van der Waals surface area contributed by atoms with Crippen LogP contribution in [0.25, 0.3) is 21.8 Å². The van der Waals surface area contributed by atoms with Crippen molar-refractivity contribution in [1.29, 1.82) is 5.26 Å². The number of sulfonamides is 1. The molecule has 10 heteroatoms. The highest BCUT2D eigenvalue weighted by Gasteiger charge is 2.12. The number of benzene rings is 3. The van der Waals surface area contributed by atoms with E-state index in [4.69, 9.17) is 21.6 Å². The molecule has 0 bridgehead atoms. The molecular formula is C24H23ClN4O4S. The second-order valence-corrected chi connectivity index (χ2v) is 10.0. The minimum Gasteiger partial charge on any atom is -0.492 e. The molecule has 0 fully saturated rings. The Morgan fingerprint density at radius 2 is 1.85 bits per heavy atom. The van der Waals surface area contributed by atoms with Crippen LogP contribution in [0.5, 0.6) is 5.75 Å². The summed E-state index contributed by atoms with van der Waals surface area (Å²) in [5.74, 6) is 0.705. The van der Waals surface area contributed by atoms with Gasteiger partial charge < -0.3 is 20.1 Å². The van der Waals surface area contributed by atoms with Gasteiger partial charge in [-0.3, -0.25) is 4.72 Å². The highest BCUT2D eigenvalue weighted by atomic mass is 35.5. The van der Waals surface area contributed by atoms with Crippen LogP contribution in [-0.4, -0.2) is 44.5 Å². The zero-order valence-electron chi connectivity index (χ0n) is 18.3. The van der Waals surface area contributed by atoms with Gasteiger partial charge in [0.15, 0.2) is 0 Å². The molecule has 1 heterocycles. The zero-order chi connectivity index (χ0) is 24.3. The first-order valence-corrected chi connectivity index (χ1v) is 12.7. The Labute approximate surface area is 202 Å². The van der Waals surface area contributed by atoms with Crippen molar-refractivity contribution >= 4 is 49.1 Å². The lowest BCUT2D eigenvalue weighted by atomic mass is 10.1. The molecular weight excluding hydrogens is 476 g/mol. The number of fused-ring (bicyclic) bond motifs is 3. The van der Waals surface area contributed by atoms with Gasteiger partial charge >= 0.3 is 0 Å². The maximum Gasteiger partial charge on any atom is 0.229 e. The molecule has 1 aromatic heterocycles. The van der Waals surface area contributed by atoms with Crippen LogP contribution in [0, 0.1) is 11.3 Å². The number of aliphatic hydroxyl groups excluding tert-OH is 1. The summed E-state index contributed by atoms with van der Waals surface area (Å²) in [5.41, 5.74) is 3.18. The van der Waals surface area contributed by atoms with Gasteiger partial charge in [-0.2, -0.15) is 5.26 Å². The van der Waals surface area contributed by atoms with Gasteiger partial charge in [-0.15, -0.1) is 0 Å². The Kier molecular flexibility index (Phi) is 6.95. The van der Waals surface area contributed by atoms with Crippen molar-refractivity contribution in [3.63, 3.8) is 0 Å². The highest BCUT2D eigenvalue weighted by molar-refractivity contribution is 7.92. The van der Waals surface area contributed by atoms with Crippen LogP contribution in [-0.2, 0) is 10.0 Å². The molecule has 0 spiro atoms. The van der Waals surface area contributed by atoms with Crippen molar-refractivity contribution in [2.45, 2.75) is 6.10 Å². The average Bonchev–Trinajstić information content (AvgIpc) is 3.16. The number of ether oxygens (including phenoxy) is 1. The summed E-state index contributed by atoms with van der Waals surface area (Å²) in [4.78, 5) is 3.32. The third-order valence-corrected chi connectivity index (χ3v) is 6.18. The van der Waals surface area contributed by atoms with Gasteiger partial charge in [0.2, 0.25) is 10.0 Å². The van der Waals surface area contributed by atoms with E-state index in [9.17, 15) is 13.5 Å². The molecule has 4 N–H and O–H groups in total. The van der Waals surface area contributed by atoms with Crippen LogP contribution in [0.2, 0.25) is 5.02 Å². The Morgan fingerprint density at radius 1 is 1.12 bits per heavy atom. The van der Waals surface area contributed by atoms with Crippen molar-refractivity contribution < 1.29 is 18.3 Å². The Hall–Kier alpha value is -3.29. The van der Waals surface area contributed by atoms with Gasteiger partial charge in [0.25, 0.3) is 0 Å². The zero-order valence-corrected chi connectivity index (χ0v) is 19.9. The largest absolute Gasteiger partial charge is 0.492 e. The summed E-state index contributed by atoms with van der Waals surface area (Å²) in [5, 5.41) is 25.0. The first kappa shape index (κ1) is 23.9. The number of aromatic amines is 1. The maximum atomic E-state index is 11.5. The predicted molar refractivity (Wildman–Crippen MR) is 134 cm³/mol. The molecule has 0 saturated heterocycles. The lowest BCUT2D eigenvalue weighted by Gasteiger charge is -2.15. The van der Waals surface area contributed by atoms with Crippen molar-refractivity contribution in [1.82, 2.24) is 10.3 Å². The number of rotatable bonds is 9. The van der Waals surface area contributed by atoms with E-state index >= 15 is 0 Å². The monoisotopic (exact) mass is 498 g/mol. The average molecular weight is 499 g/mol. The molecule has 1 unspecified atom stereocenters. The summed E-state index contributed by atoms with van der Waals surface area (Å²) in [6, 6.07) is 18.2. The van der Waals surface area contributed by atoms with Crippen molar-refractivity contribution in [2.75, 3.05) is 30.7 Å². The predicted octanol–water partition coefficient (Wildman–Crippen LogP) is 3.92. The Morgan fingerprint density at radius 3 is 2.59 bits per heavy atom. The molecule has 4 aromatic rings. The van der Waals surface area contributed by atoms with E-state index in [-0.39, 0.29) is 17.3 Å². The number of anilines is 1. The fraction of sp³-hybridized carbons (Fsp3) is 0.208.